The zero-order chi connectivity index (χ0) is 20.2. The fourth-order valence-corrected chi connectivity index (χ4v) is 3.04. The van der Waals surface area contributed by atoms with Crippen LogP contribution >= 0.6 is 0 Å². The zero-order valence-electron chi connectivity index (χ0n) is 17.3. The van der Waals surface area contributed by atoms with Crippen molar-refractivity contribution in [2.24, 2.45) is 0 Å². The summed E-state index contributed by atoms with van der Waals surface area (Å²) in [6.45, 7) is 11.3. The monoisotopic (exact) mass is 373 g/mol. The van der Waals surface area contributed by atoms with Crippen molar-refractivity contribution in [3.05, 3.63) is 34.2 Å². The van der Waals surface area contributed by atoms with Crippen molar-refractivity contribution in [2.75, 3.05) is 20.2 Å². The summed E-state index contributed by atoms with van der Waals surface area (Å²) >= 11 is 0. The maximum Gasteiger partial charge on any atom is 0.273 e. The molecule has 0 bridgehead atoms. The summed E-state index contributed by atoms with van der Waals surface area (Å²) in [6.07, 6.45) is 1.97. The lowest BCUT2D eigenvalue weighted by molar-refractivity contribution is -0.131. The van der Waals surface area contributed by atoms with Crippen LogP contribution in [0.1, 0.15) is 53.2 Å². The molecule has 27 heavy (non-hydrogen) atoms. The highest BCUT2D eigenvalue weighted by atomic mass is 16.5. The number of unbranched alkanes of at least 4 members (excludes halogenated alkanes) is 1. The van der Waals surface area contributed by atoms with Gasteiger partial charge in [-0.2, -0.15) is 0 Å². The number of nitrogens with zero attached hydrogens (tertiary/aromatic N) is 3. The number of ether oxygens (including phenoxy) is 1. The van der Waals surface area contributed by atoms with Gasteiger partial charge in [-0.1, -0.05) is 34.1 Å². The Balaban J connectivity index is 2.59. The van der Waals surface area contributed by atoms with E-state index >= 15 is 0 Å². The van der Waals surface area contributed by atoms with Gasteiger partial charge < -0.3 is 9.64 Å². The number of hydrogen-bond donors (Lipinski definition) is 0. The van der Waals surface area contributed by atoms with Gasteiger partial charge in [0, 0.05) is 24.6 Å². The minimum Gasteiger partial charge on any atom is -0.497 e. The van der Waals surface area contributed by atoms with Crippen LogP contribution in [-0.4, -0.2) is 40.6 Å². The summed E-state index contributed by atoms with van der Waals surface area (Å²) in [5, 5.41) is 0. The molecule has 0 aliphatic heterocycles. The standard InChI is InChI=1S/C21H31N3O3/c1-7-9-12-23(8-2)18(25)14-24-17-13-15(27-6)10-11-16(17)22-19(20(24)26)21(3,4)5/h10-11,13H,7-9,12,14H2,1-6H3. The molecule has 0 saturated carbocycles. The van der Waals surface area contributed by atoms with Gasteiger partial charge in [0.2, 0.25) is 5.91 Å². The molecule has 6 nitrogen and oxygen atoms in total. The molecule has 148 valence electrons. The van der Waals surface area contributed by atoms with Crippen molar-refractivity contribution in [3.8, 4) is 5.75 Å². The van der Waals surface area contributed by atoms with Gasteiger partial charge in [0.15, 0.2) is 0 Å². The Labute approximate surface area is 161 Å². The molecule has 0 radical (unpaired) electrons. The minimum atomic E-state index is -0.414. The van der Waals surface area contributed by atoms with Gasteiger partial charge in [-0.15, -0.1) is 0 Å². The Morgan fingerprint density at radius 3 is 2.52 bits per heavy atom. The van der Waals surface area contributed by atoms with Crippen molar-refractivity contribution in [1.82, 2.24) is 14.5 Å². The Hall–Kier alpha value is -2.37. The topological polar surface area (TPSA) is 64.4 Å². The highest BCUT2D eigenvalue weighted by Gasteiger charge is 2.24. The molecule has 0 spiro atoms. The maximum absolute atomic E-state index is 13.2. The van der Waals surface area contributed by atoms with E-state index in [1.807, 2.05) is 39.8 Å². The number of amides is 1. The average Bonchev–Trinajstić information content (AvgIpc) is 2.63. The summed E-state index contributed by atoms with van der Waals surface area (Å²) in [7, 11) is 1.58. The molecule has 0 fully saturated rings. The summed E-state index contributed by atoms with van der Waals surface area (Å²) in [6, 6.07) is 5.42. The molecule has 0 saturated heterocycles. The molecule has 1 amide bonds. The van der Waals surface area contributed by atoms with E-state index in [0.29, 0.717) is 35.6 Å². The molecule has 0 atom stereocenters. The first kappa shape index (κ1) is 20.9. The number of carbonyl (C=O) groups is 1. The molecule has 0 aliphatic carbocycles. The molecule has 1 aromatic heterocycles. The Morgan fingerprint density at radius 1 is 1.26 bits per heavy atom. The van der Waals surface area contributed by atoms with Gasteiger partial charge in [-0.25, -0.2) is 4.98 Å². The van der Waals surface area contributed by atoms with Gasteiger partial charge in [0.25, 0.3) is 5.56 Å². The second-order valence-electron chi connectivity index (χ2n) is 7.78. The van der Waals surface area contributed by atoms with E-state index in [2.05, 4.69) is 11.9 Å². The van der Waals surface area contributed by atoms with E-state index in [0.717, 1.165) is 12.8 Å². The number of likely N-dealkylation sites (N-methyl/N-ethyl adjacent to an activating group) is 1. The first-order valence-corrected chi connectivity index (χ1v) is 9.59. The Bertz CT molecular complexity index is 865. The number of aromatic nitrogens is 2. The first-order chi connectivity index (χ1) is 12.7. The van der Waals surface area contributed by atoms with E-state index in [4.69, 9.17) is 4.74 Å². The highest BCUT2D eigenvalue weighted by Crippen LogP contribution is 2.23. The molecule has 1 heterocycles. The van der Waals surface area contributed by atoms with Crippen molar-refractivity contribution < 1.29 is 9.53 Å². The van der Waals surface area contributed by atoms with Crippen LogP contribution < -0.4 is 10.3 Å². The molecule has 6 heteroatoms. The molecule has 2 rings (SSSR count). The van der Waals surface area contributed by atoms with E-state index in [-0.39, 0.29) is 18.0 Å². The molecule has 1 aromatic carbocycles. The second kappa shape index (κ2) is 8.55. The van der Waals surface area contributed by atoms with E-state index < -0.39 is 5.41 Å². The van der Waals surface area contributed by atoms with Crippen molar-refractivity contribution >= 4 is 16.9 Å². The second-order valence-corrected chi connectivity index (χ2v) is 7.78. The average molecular weight is 373 g/mol. The first-order valence-electron chi connectivity index (χ1n) is 9.59. The number of hydrogen-bond acceptors (Lipinski definition) is 4. The number of methoxy groups -OCH3 is 1. The normalized spacial score (nSPS) is 11.6. The maximum atomic E-state index is 13.2. The van der Waals surface area contributed by atoms with Crippen molar-refractivity contribution in [3.63, 3.8) is 0 Å². The molecule has 0 aliphatic rings. The summed E-state index contributed by atoms with van der Waals surface area (Å²) in [5.74, 6) is 0.579. The predicted molar refractivity (Wildman–Crippen MR) is 108 cm³/mol. The quantitative estimate of drug-likeness (QED) is 0.747. The van der Waals surface area contributed by atoms with E-state index in [1.165, 1.54) is 0 Å². The summed E-state index contributed by atoms with van der Waals surface area (Å²) < 4.78 is 6.85. The lowest BCUT2D eigenvalue weighted by Gasteiger charge is -2.23. The van der Waals surface area contributed by atoms with E-state index in [1.54, 1.807) is 22.6 Å². The summed E-state index contributed by atoms with van der Waals surface area (Å²) in [4.78, 5) is 32.4. The van der Waals surface area contributed by atoms with Crippen LogP contribution in [0.2, 0.25) is 0 Å². The molecule has 0 unspecified atom stereocenters. The van der Waals surface area contributed by atoms with Gasteiger partial charge in [-0.05, 0) is 25.5 Å². The molecule has 0 N–H and O–H groups in total. The van der Waals surface area contributed by atoms with Crippen molar-refractivity contribution in [1.29, 1.82) is 0 Å². The van der Waals surface area contributed by atoms with Crippen LogP contribution in [0.5, 0.6) is 5.75 Å². The largest absolute Gasteiger partial charge is 0.497 e. The number of carbonyl (C=O) groups excluding carboxylic acids is 1. The Morgan fingerprint density at radius 2 is 1.96 bits per heavy atom. The Kier molecular flexibility index (Phi) is 6.63. The third-order valence-electron chi connectivity index (χ3n) is 4.67. The van der Waals surface area contributed by atoms with Crippen LogP contribution in [0.4, 0.5) is 0 Å². The van der Waals surface area contributed by atoms with E-state index in [9.17, 15) is 9.59 Å². The smallest absolute Gasteiger partial charge is 0.273 e. The van der Waals surface area contributed by atoms with Crippen LogP contribution in [0.3, 0.4) is 0 Å². The van der Waals surface area contributed by atoms with Crippen LogP contribution in [0.15, 0.2) is 23.0 Å². The van der Waals surface area contributed by atoms with Gasteiger partial charge in [0.1, 0.15) is 18.0 Å². The lowest BCUT2D eigenvalue weighted by Crippen LogP contribution is -2.39. The minimum absolute atomic E-state index is 0.00561. The van der Waals surface area contributed by atoms with Gasteiger partial charge in [0.05, 0.1) is 18.1 Å². The van der Waals surface area contributed by atoms with Gasteiger partial charge >= 0.3 is 0 Å². The van der Waals surface area contributed by atoms with Crippen molar-refractivity contribution in [2.45, 2.75) is 59.4 Å². The fraction of sp³-hybridized carbons (Fsp3) is 0.571. The number of fused-ring (bicyclic) bond motifs is 1. The number of benzene rings is 1. The fourth-order valence-electron chi connectivity index (χ4n) is 3.04. The van der Waals surface area contributed by atoms with Crippen LogP contribution in [0, 0.1) is 0 Å². The van der Waals surface area contributed by atoms with Crippen LogP contribution in [0.25, 0.3) is 11.0 Å². The highest BCUT2D eigenvalue weighted by molar-refractivity contribution is 5.81. The lowest BCUT2D eigenvalue weighted by atomic mass is 9.92. The van der Waals surface area contributed by atoms with Gasteiger partial charge in [-0.3, -0.25) is 14.2 Å². The third-order valence-corrected chi connectivity index (χ3v) is 4.67. The SMILES string of the molecule is CCCCN(CC)C(=O)Cn1c(=O)c(C(C)(C)C)nc2ccc(OC)cc21. The molecule has 2 aromatic rings. The predicted octanol–water partition coefficient (Wildman–Crippen LogP) is 3.35. The van der Waals surface area contributed by atoms with Crippen LogP contribution in [-0.2, 0) is 16.8 Å². The zero-order valence-corrected chi connectivity index (χ0v) is 17.3. The molecular weight excluding hydrogens is 342 g/mol. The summed E-state index contributed by atoms with van der Waals surface area (Å²) in [5.41, 5.74) is 1.13. The third kappa shape index (κ3) is 4.67. The molecular formula is C21H31N3O3. The number of rotatable bonds is 7.